The smallest absolute Gasteiger partial charge is 0.303 e. The zero-order chi connectivity index (χ0) is 12.8. The lowest BCUT2D eigenvalue weighted by Crippen LogP contribution is -2.13. The molecule has 0 bridgehead atoms. The van der Waals surface area contributed by atoms with Gasteiger partial charge in [-0.05, 0) is 42.7 Å². The topological polar surface area (TPSA) is 46.5 Å². The zero-order valence-corrected chi connectivity index (χ0v) is 10.6. The van der Waals surface area contributed by atoms with Gasteiger partial charge in [-0.3, -0.25) is 4.79 Å². The Morgan fingerprint density at radius 3 is 2.50 bits per heavy atom. The summed E-state index contributed by atoms with van der Waals surface area (Å²) in [5.74, 6) is -0.0827. The lowest BCUT2D eigenvalue weighted by atomic mass is 9.91. The minimum Gasteiger partial charge on any atom is -0.481 e. The minimum absolute atomic E-state index is 0.252. The van der Waals surface area contributed by atoms with Crippen molar-refractivity contribution < 1.29 is 14.6 Å². The summed E-state index contributed by atoms with van der Waals surface area (Å²) in [4.78, 5) is 10.4. The molecule has 0 radical (unpaired) electrons. The molecule has 1 heterocycles. The van der Waals surface area contributed by atoms with Crippen LogP contribution in [0.2, 0.25) is 0 Å². The van der Waals surface area contributed by atoms with E-state index in [2.05, 4.69) is 24.3 Å². The van der Waals surface area contributed by atoms with E-state index in [-0.39, 0.29) is 6.42 Å². The summed E-state index contributed by atoms with van der Waals surface area (Å²) in [6.45, 7) is 1.73. The molecule has 18 heavy (non-hydrogen) atoms. The fraction of sp³-hybridized carbons (Fsp3) is 0.533. The van der Waals surface area contributed by atoms with Crippen LogP contribution in [0.5, 0.6) is 0 Å². The van der Waals surface area contributed by atoms with E-state index in [4.69, 9.17) is 9.84 Å². The first kappa shape index (κ1) is 13.1. The third-order valence-electron chi connectivity index (χ3n) is 3.53. The summed E-state index contributed by atoms with van der Waals surface area (Å²) in [7, 11) is 0. The fourth-order valence-corrected chi connectivity index (χ4v) is 2.43. The van der Waals surface area contributed by atoms with Crippen molar-refractivity contribution in [1.82, 2.24) is 0 Å². The molecule has 3 heteroatoms. The van der Waals surface area contributed by atoms with E-state index in [0.717, 1.165) is 32.5 Å². The first-order chi connectivity index (χ1) is 8.75. The maximum atomic E-state index is 10.4. The summed E-state index contributed by atoms with van der Waals surface area (Å²) < 4.78 is 5.36. The first-order valence-electron chi connectivity index (χ1n) is 6.64. The van der Waals surface area contributed by atoms with Crippen LogP contribution in [-0.4, -0.2) is 24.3 Å². The van der Waals surface area contributed by atoms with Gasteiger partial charge in [0.25, 0.3) is 0 Å². The van der Waals surface area contributed by atoms with Crippen molar-refractivity contribution in [3.8, 4) is 0 Å². The standard InChI is InChI=1S/C15H20O3/c16-15(17)3-1-2-12-4-6-13(7-5-12)14-8-10-18-11-9-14/h4-7,14H,1-3,8-11H2,(H,16,17). The van der Waals surface area contributed by atoms with Gasteiger partial charge in [-0.2, -0.15) is 0 Å². The van der Waals surface area contributed by atoms with Gasteiger partial charge in [0.05, 0.1) is 0 Å². The van der Waals surface area contributed by atoms with E-state index < -0.39 is 5.97 Å². The van der Waals surface area contributed by atoms with Crippen LogP contribution in [0.1, 0.15) is 42.7 Å². The molecule has 0 amide bonds. The molecule has 0 aliphatic carbocycles. The average molecular weight is 248 g/mol. The number of carbonyl (C=O) groups is 1. The van der Waals surface area contributed by atoms with Gasteiger partial charge in [-0.1, -0.05) is 24.3 Å². The molecule has 2 rings (SSSR count). The number of aliphatic carboxylic acids is 1. The van der Waals surface area contributed by atoms with Crippen LogP contribution < -0.4 is 0 Å². The van der Waals surface area contributed by atoms with Crippen molar-refractivity contribution in [3.05, 3.63) is 35.4 Å². The maximum absolute atomic E-state index is 10.4. The molecule has 1 aliphatic heterocycles. The largest absolute Gasteiger partial charge is 0.481 e. The summed E-state index contributed by atoms with van der Waals surface area (Å²) in [5.41, 5.74) is 2.62. The number of rotatable bonds is 5. The zero-order valence-electron chi connectivity index (χ0n) is 10.6. The van der Waals surface area contributed by atoms with Crippen molar-refractivity contribution in [1.29, 1.82) is 0 Å². The summed E-state index contributed by atoms with van der Waals surface area (Å²) >= 11 is 0. The molecule has 0 unspecified atom stereocenters. The molecule has 3 nitrogen and oxygen atoms in total. The predicted molar refractivity (Wildman–Crippen MR) is 69.8 cm³/mol. The van der Waals surface area contributed by atoms with E-state index in [0.29, 0.717) is 12.3 Å². The van der Waals surface area contributed by atoms with Crippen LogP contribution in [0.25, 0.3) is 0 Å². The van der Waals surface area contributed by atoms with Crippen LogP contribution in [0.3, 0.4) is 0 Å². The third-order valence-corrected chi connectivity index (χ3v) is 3.53. The van der Waals surface area contributed by atoms with Crippen LogP contribution >= 0.6 is 0 Å². The van der Waals surface area contributed by atoms with Crippen molar-refractivity contribution in [2.24, 2.45) is 0 Å². The summed E-state index contributed by atoms with van der Waals surface area (Å²) in [5, 5.41) is 8.59. The molecule has 0 atom stereocenters. The number of ether oxygens (including phenoxy) is 1. The van der Waals surface area contributed by atoms with E-state index in [1.165, 1.54) is 11.1 Å². The summed E-state index contributed by atoms with van der Waals surface area (Å²) in [6.07, 6.45) is 4.03. The Morgan fingerprint density at radius 1 is 1.22 bits per heavy atom. The summed E-state index contributed by atoms with van der Waals surface area (Å²) in [6, 6.07) is 8.64. The van der Waals surface area contributed by atoms with Gasteiger partial charge in [0, 0.05) is 19.6 Å². The Balaban J connectivity index is 1.86. The monoisotopic (exact) mass is 248 g/mol. The molecule has 1 saturated heterocycles. The number of aryl methyl sites for hydroxylation is 1. The van der Waals surface area contributed by atoms with Crippen molar-refractivity contribution in [3.63, 3.8) is 0 Å². The van der Waals surface area contributed by atoms with Crippen molar-refractivity contribution >= 4 is 5.97 Å². The van der Waals surface area contributed by atoms with Gasteiger partial charge >= 0.3 is 5.97 Å². The molecule has 1 aliphatic rings. The number of carboxylic acids is 1. The molecular weight excluding hydrogens is 228 g/mol. The SMILES string of the molecule is O=C(O)CCCc1ccc(C2CCOCC2)cc1. The van der Waals surface area contributed by atoms with Crippen LogP contribution in [-0.2, 0) is 16.0 Å². The normalized spacial score (nSPS) is 16.7. The van der Waals surface area contributed by atoms with Gasteiger partial charge in [0.1, 0.15) is 0 Å². The molecule has 0 spiro atoms. The minimum atomic E-state index is -0.714. The molecule has 98 valence electrons. The molecule has 1 fully saturated rings. The lowest BCUT2D eigenvalue weighted by Gasteiger charge is -2.22. The number of carboxylic acid groups (broad SMARTS) is 1. The van der Waals surface area contributed by atoms with Gasteiger partial charge < -0.3 is 9.84 Å². The second kappa shape index (κ2) is 6.55. The molecular formula is C15H20O3. The predicted octanol–water partition coefficient (Wildman–Crippen LogP) is 2.99. The highest BCUT2D eigenvalue weighted by atomic mass is 16.5. The van der Waals surface area contributed by atoms with Crippen LogP contribution in [0.15, 0.2) is 24.3 Å². The highest BCUT2D eigenvalue weighted by Gasteiger charge is 2.15. The lowest BCUT2D eigenvalue weighted by molar-refractivity contribution is -0.137. The Bertz CT molecular complexity index is 377. The molecule has 0 aromatic heterocycles. The van der Waals surface area contributed by atoms with Crippen molar-refractivity contribution in [2.75, 3.05) is 13.2 Å². The van der Waals surface area contributed by atoms with Crippen molar-refractivity contribution in [2.45, 2.75) is 38.0 Å². The number of hydrogen-bond donors (Lipinski definition) is 1. The van der Waals surface area contributed by atoms with E-state index in [1.54, 1.807) is 0 Å². The van der Waals surface area contributed by atoms with E-state index >= 15 is 0 Å². The highest BCUT2D eigenvalue weighted by Crippen LogP contribution is 2.27. The maximum Gasteiger partial charge on any atom is 0.303 e. The first-order valence-corrected chi connectivity index (χ1v) is 6.64. The second-order valence-electron chi connectivity index (χ2n) is 4.88. The Labute approximate surface area is 108 Å². The van der Waals surface area contributed by atoms with Gasteiger partial charge in [-0.25, -0.2) is 0 Å². The third kappa shape index (κ3) is 3.84. The van der Waals surface area contributed by atoms with Gasteiger partial charge in [0.15, 0.2) is 0 Å². The quantitative estimate of drug-likeness (QED) is 0.871. The van der Waals surface area contributed by atoms with Crippen LogP contribution in [0.4, 0.5) is 0 Å². The molecule has 0 saturated carbocycles. The Hall–Kier alpha value is -1.35. The van der Waals surface area contributed by atoms with E-state index in [9.17, 15) is 4.79 Å². The average Bonchev–Trinajstić information content (AvgIpc) is 2.40. The Kier molecular flexibility index (Phi) is 4.76. The molecule has 1 N–H and O–H groups in total. The van der Waals surface area contributed by atoms with Gasteiger partial charge in [-0.15, -0.1) is 0 Å². The Morgan fingerprint density at radius 2 is 1.89 bits per heavy atom. The van der Waals surface area contributed by atoms with E-state index in [1.807, 2.05) is 0 Å². The highest BCUT2D eigenvalue weighted by molar-refractivity contribution is 5.66. The fourth-order valence-electron chi connectivity index (χ4n) is 2.43. The molecule has 1 aromatic rings. The number of hydrogen-bond acceptors (Lipinski definition) is 2. The van der Waals surface area contributed by atoms with Gasteiger partial charge in [0.2, 0.25) is 0 Å². The number of benzene rings is 1. The second-order valence-corrected chi connectivity index (χ2v) is 4.88. The molecule has 1 aromatic carbocycles. The van der Waals surface area contributed by atoms with Crippen LogP contribution in [0, 0.1) is 0 Å².